The Kier molecular flexibility index (Phi) is 5.19. The summed E-state index contributed by atoms with van der Waals surface area (Å²) >= 11 is 1.20. The predicted molar refractivity (Wildman–Crippen MR) is 93.6 cm³/mol. The number of benzene rings is 1. The molecule has 1 aromatic rings. The third-order valence-corrected chi connectivity index (χ3v) is 5.72. The van der Waals surface area contributed by atoms with Gasteiger partial charge < -0.3 is 20.6 Å². The molecule has 0 radical (unpaired) electrons. The first-order valence-corrected chi connectivity index (χ1v) is 9.00. The molecule has 27 heavy (non-hydrogen) atoms. The van der Waals surface area contributed by atoms with Crippen LogP contribution in [0.3, 0.4) is 0 Å². The zero-order chi connectivity index (χ0) is 19.7. The molecule has 2 unspecified atom stereocenters. The molecule has 0 saturated carbocycles. The van der Waals surface area contributed by atoms with E-state index >= 15 is 0 Å². The standard InChI is InChI=1S/C17H16N2O7S/c20-6-9-7-27-15-11(14(22)19(15)12(9)17(25)26)18-13(21)10(16(23)24)8-4-2-1-3-5-8/h1-5,10-11,15,20H,6-7H2,(H,18,21)(H,23,24)(H,25,26)/t10?,11?,15-/m1/s1. The molecule has 9 nitrogen and oxygen atoms in total. The van der Waals surface area contributed by atoms with E-state index in [4.69, 9.17) is 0 Å². The van der Waals surface area contributed by atoms with Gasteiger partial charge in [-0.1, -0.05) is 30.3 Å². The SMILES string of the molecule is O=C(O)C1=C(CO)CS[C@@H]2C(NC(=O)C(C(=O)O)c3ccccc3)C(=O)N12. The molecule has 2 aliphatic heterocycles. The summed E-state index contributed by atoms with van der Waals surface area (Å²) < 4.78 is 0. The predicted octanol–water partition coefficient (Wildman–Crippen LogP) is -0.414. The van der Waals surface area contributed by atoms with E-state index < -0.39 is 47.7 Å². The summed E-state index contributed by atoms with van der Waals surface area (Å²) in [5, 5.41) is 29.8. The van der Waals surface area contributed by atoms with E-state index in [1.54, 1.807) is 18.2 Å². The topological polar surface area (TPSA) is 144 Å². The summed E-state index contributed by atoms with van der Waals surface area (Å²) in [5.41, 5.74) is 0.209. The molecule has 0 aliphatic carbocycles. The lowest BCUT2D eigenvalue weighted by molar-refractivity contribution is -0.152. The smallest absolute Gasteiger partial charge is 0.352 e. The maximum Gasteiger partial charge on any atom is 0.352 e. The van der Waals surface area contributed by atoms with Gasteiger partial charge in [-0.15, -0.1) is 11.8 Å². The van der Waals surface area contributed by atoms with Crippen LogP contribution in [-0.4, -0.2) is 67.7 Å². The Morgan fingerprint density at radius 2 is 1.89 bits per heavy atom. The van der Waals surface area contributed by atoms with Crippen molar-refractivity contribution < 1.29 is 34.5 Å². The summed E-state index contributed by atoms with van der Waals surface area (Å²) in [6.45, 7) is -0.489. The summed E-state index contributed by atoms with van der Waals surface area (Å²) in [5.74, 6) is -5.48. The van der Waals surface area contributed by atoms with Crippen LogP contribution in [-0.2, 0) is 19.2 Å². The number of thioether (sulfide) groups is 1. The van der Waals surface area contributed by atoms with Crippen molar-refractivity contribution in [3.63, 3.8) is 0 Å². The lowest BCUT2D eigenvalue weighted by Crippen LogP contribution is -2.71. The number of carboxylic acid groups (broad SMARTS) is 2. The second-order valence-electron chi connectivity index (χ2n) is 5.99. The number of carboxylic acids is 2. The minimum Gasteiger partial charge on any atom is -0.480 e. The first-order chi connectivity index (χ1) is 12.9. The summed E-state index contributed by atoms with van der Waals surface area (Å²) in [6.07, 6.45) is 0. The number of nitrogens with zero attached hydrogens (tertiary/aromatic N) is 1. The number of aliphatic carboxylic acids is 2. The van der Waals surface area contributed by atoms with E-state index in [9.17, 15) is 34.5 Å². The van der Waals surface area contributed by atoms with Crippen molar-refractivity contribution in [2.45, 2.75) is 17.3 Å². The van der Waals surface area contributed by atoms with E-state index in [0.29, 0.717) is 0 Å². The third-order valence-electron chi connectivity index (χ3n) is 4.38. The highest BCUT2D eigenvalue weighted by molar-refractivity contribution is 8.00. The van der Waals surface area contributed by atoms with Gasteiger partial charge in [0.1, 0.15) is 17.1 Å². The van der Waals surface area contributed by atoms with Crippen molar-refractivity contribution in [3.05, 3.63) is 47.2 Å². The van der Waals surface area contributed by atoms with E-state index in [0.717, 1.165) is 4.90 Å². The van der Waals surface area contributed by atoms with E-state index in [2.05, 4.69) is 5.32 Å². The fraction of sp³-hybridized carbons (Fsp3) is 0.294. The molecule has 2 aliphatic rings. The second-order valence-corrected chi connectivity index (χ2v) is 7.10. The Bertz CT molecular complexity index is 839. The number of carbonyl (C=O) groups excluding carboxylic acids is 2. The number of aliphatic hydroxyl groups excluding tert-OH is 1. The number of β-lactam (4-membered cyclic amide) rings is 1. The van der Waals surface area contributed by atoms with Crippen LogP contribution in [0.4, 0.5) is 0 Å². The van der Waals surface area contributed by atoms with Gasteiger partial charge >= 0.3 is 11.9 Å². The van der Waals surface area contributed by atoms with E-state index in [-0.39, 0.29) is 22.6 Å². The lowest BCUT2D eigenvalue weighted by Gasteiger charge is -2.49. The van der Waals surface area contributed by atoms with Crippen LogP contribution in [0, 0.1) is 0 Å². The van der Waals surface area contributed by atoms with Gasteiger partial charge in [-0.2, -0.15) is 0 Å². The highest BCUT2D eigenvalue weighted by Gasteiger charge is 2.54. The molecule has 0 spiro atoms. The number of hydrogen-bond acceptors (Lipinski definition) is 6. The van der Waals surface area contributed by atoms with Gasteiger partial charge in [-0.25, -0.2) is 4.79 Å². The Balaban J connectivity index is 1.79. The molecule has 4 N–H and O–H groups in total. The van der Waals surface area contributed by atoms with Gasteiger partial charge in [0.2, 0.25) is 5.91 Å². The molecule has 0 bridgehead atoms. The lowest BCUT2D eigenvalue weighted by atomic mass is 9.96. The van der Waals surface area contributed by atoms with Crippen LogP contribution >= 0.6 is 11.8 Å². The number of carbonyl (C=O) groups is 4. The number of rotatable bonds is 6. The fourth-order valence-electron chi connectivity index (χ4n) is 3.09. The molecular weight excluding hydrogens is 376 g/mol. The maximum absolute atomic E-state index is 12.5. The Hall–Kier alpha value is -2.85. The van der Waals surface area contributed by atoms with Crippen LogP contribution in [0.5, 0.6) is 0 Å². The van der Waals surface area contributed by atoms with E-state index in [1.807, 2.05) is 0 Å². The molecule has 142 valence electrons. The van der Waals surface area contributed by atoms with Gasteiger partial charge in [-0.3, -0.25) is 19.3 Å². The average molecular weight is 392 g/mol. The minimum atomic E-state index is -1.48. The molecule has 3 atom stereocenters. The highest BCUT2D eigenvalue weighted by atomic mass is 32.2. The van der Waals surface area contributed by atoms with Crippen LogP contribution in [0.2, 0.25) is 0 Å². The third kappa shape index (κ3) is 3.28. The van der Waals surface area contributed by atoms with E-state index in [1.165, 1.54) is 23.9 Å². The van der Waals surface area contributed by atoms with Crippen LogP contribution in [0.25, 0.3) is 0 Å². The Morgan fingerprint density at radius 1 is 1.22 bits per heavy atom. The first kappa shape index (κ1) is 18.9. The minimum absolute atomic E-state index is 0.194. The van der Waals surface area contributed by atoms with Crippen LogP contribution in [0.15, 0.2) is 41.6 Å². The van der Waals surface area contributed by atoms with Gasteiger partial charge in [0, 0.05) is 5.75 Å². The fourth-order valence-corrected chi connectivity index (χ4v) is 4.43. The number of fused-ring (bicyclic) bond motifs is 1. The molecule has 10 heteroatoms. The molecule has 1 saturated heterocycles. The van der Waals surface area contributed by atoms with Crippen LogP contribution < -0.4 is 5.32 Å². The number of nitrogens with one attached hydrogen (secondary N) is 1. The van der Waals surface area contributed by atoms with Crippen molar-refractivity contribution in [2.75, 3.05) is 12.4 Å². The number of amides is 2. The van der Waals surface area contributed by atoms with Crippen molar-refractivity contribution in [3.8, 4) is 0 Å². The average Bonchev–Trinajstić information content (AvgIpc) is 2.65. The highest BCUT2D eigenvalue weighted by Crippen LogP contribution is 2.40. The quantitative estimate of drug-likeness (QED) is 0.378. The zero-order valence-corrected chi connectivity index (χ0v) is 14.7. The molecule has 1 fully saturated rings. The van der Waals surface area contributed by atoms with Crippen molar-refractivity contribution in [1.82, 2.24) is 10.2 Å². The summed E-state index contributed by atoms with van der Waals surface area (Å²) in [4.78, 5) is 48.9. The normalized spacial score (nSPS) is 22.6. The Labute approximate surface area is 157 Å². The molecule has 1 aromatic carbocycles. The molecule has 0 aromatic heterocycles. The summed E-state index contributed by atoms with van der Waals surface area (Å²) in [6, 6.07) is 6.87. The number of aliphatic hydroxyl groups is 1. The summed E-state index contributed by atoms with van der Waals surface area (Å²) in [7, 11) is 0. The largest absolute Gasteiger partial charge is 0.480 e. The first-order valence-electron chi connectivity index (χ1n) is 7.95. The monoisotopic (exact) mass is 392 g/mol. The van der Waals surface area contributed by atoms with Gasteiger partial charge in [-0.05, 0) is 11.1 Å². The molecule has 2 heterocycles. The maximum atomic E-state index is 12.5. The number of hydrogen-bond donors (Lipinski definition) is 4. The van der Waals surface area contributed by atoms with Crippen molar-refractivity contribution in [2.24, 2.45) is 0 Å². The van der Waals surface area contributed by atoms with Gasteiger partial charge in [0.15, 0.2) is 5.92 Å². The second kappa shape index (κ2) is 7.41. The zero-order valence-electron chi connectivity index (χ0n) is 13.9. The van der Waals surface area contributed by atoms with Crippen LogP contribution in [0.1, 0.15) is 11.5 Å². The van der Waals surface area contributed by atoms with Gasteiger partial charge in [0.25, 0.3) is 5.91 Å². The molecule has 3 rings (SSSR count). The molecule has 2 amide bonds. The molecular formula is C17H16N2O7S. The van der Waals surface area contributed by atoms with Crippen molar-refractivity contribution in [1.29, 1.82) is 0 Å². The van der Waals surface area contributed by atoms with Gasteiger partial charge in [0.05, 0.1) is 6.61 Å². The Morgan fingerprint density at radius 3 is 2.44 bits per heavy atom. The van der Waals surface area contributed by atoms with Crippen molar-refractivity contribution >= 4 is 35.5 Å².